The number of primary amides is 1. The van der Waals surface area contributed by atoms with E-state index < -0.39 is 11.5 Å². The van der Waals surface area contributed by atoms with Crippen molar-refractivity contribution < 1.29 is 19.1 Å². The van der Waals surface area contributed by atoms with Gasteiger partial charge in [0.25, 0.3) is 11.8 Å². The molecule has 0 bridgehead atoms. The smallest absolute Gasteiger partial charge is 0.255 e. The van der Waals surface area contributed by atoms with E-state index in [1.807, 2.05) is 0 Å². The Hall–Kier alpha value is -2.15. The zero-order valence-corrected chi connectivity index (χ0v) is 11.5. The van der Waals surface area contributed by atoms with Gasteiger partial charge in [-0.2, -0.15) is 0 Å². The Morgan fingerprint density at radius 1 is 1.50 bits per heavy atom. The van der Waals surface area contributed by atoms with Crippen molar-refractivity contribution in [2.45, 2.75) is 12.5 Å². The molecule has 0 saturated carbocycles. The minimum atomic E-state index is -1.15. The van der Waals surface area contributed by atoms with E-state index in [0.29, 0.717) is 18.0 Å². The summed E-state index contributed by atoms with van der Waals surface area (Å²) in [5.74, 6) is -0.357. The first-order valence-electron chi connectivity index (χ1n) is 6.19. The predicted molar refractivity (Wildman–Crippen MR) is 70.2 cm³/mol. The minimum absolute atomic E-state index is 0.132. The fourth-order valence-electron chi connectivity index (χ4n) is 2.00. The van der Waals surface area contributed by atoms with Crippen LogP contribution in [-0.2, 0) is 9.53 Å². The summed E-state index contributed by atoms with van der Waals surface area (Å²) in [7, 11) is 1.50. The molecule has 1 aromatic rings. The van der Waals surface area contributed by atoms with Crippen LogP contribution in [0.3, 0.4) is 0 Å². The first-order valence-corrected chi connectivity index (χ1v) is 6.19. The van der Waals surface area contributed by atoms with Gasteiger partial charge in [-0.1, -0.05) is 0 Å². The Labute approximate surface area is 116 Å². The number of ether oxygens (including phenoxy) is 2. The summed E-state index contributed by atoms with van der Waals surface area (Å²) in [5, 5.41) is 0. The second-order valence-corrected chi connectivity index (χ2v) is 4.76. The van der Waals surface area contributed by atoms with Gasteiger partial charge < -0.3 is 20.1 Å². The Morgan fingerprint density at radius 2 is 2.25 bits per heavy atom. The molecule has 1 aliphatic heterocycles. The molecule has 0 radical (unpaired) electrons. The lowest BCUT2D eigenvalue weighted by Gasteiger charge is -2.38. The first-order chi connectivity index (χ1) is 9.46. The zero-order chi connectivity index (χ0) is 14.8. The largest absolute Gasteiger partial charge is 0.481 e. The lowest BCUT2D eigenvalue weighted by atomic mass is 10.0. The topological polar surface area (TPSA) is 94.7 Å². The fraction of sp³-hybridized carbons (Fsp3) is 0.462. The molecule has 1 saturated heterocycles. The number of rotatable bonds is 3. The van der Waals surface area contributed by atoms with E-state index in [0.717, 1.165) is 0 Å². The number of hydrogen-bond donors (Lipinski definition) is 1. The van der Waals surface area contributed by atoms with Gasteiger partial charge in [-0.05, 0) is 13.0 Å². The van der Waals surface area contributed by atoms with E-state index in [-0.39, 0.29) is 19.1 Å². The summed E-state index contributed by atoms with van der Waals surface area (Å²) in [6.45, 7) is 2.40. The van der Waals surface area contributed by atoms with Crippen LogP contribution in [0.5, 0.6) is 5.88 Å². The average molecular weight is 279 g/mol. The number of carbonyl (C=O) groups is 2. The van der Waals surface area contributed by atoms with Crippen molar-refractivity contribution in [2.75, 3.05) is 26.8 Å². The van der Waals surface area contributed by atoms with Gasteiger partial charge in [0.15, 0.2) is 5.60 Å². The van der Waals surface area contributed by atoms with Gasteiger partial charge in [-0.25, -0.2) is 4.98 Å². The lowest BCUT2D eigenvalue weighted by molar-refractivity contribution is -0.150. The molecule has 2 N–H and O–H groups in total. The number of nitrogens with two attached hydrogens (primary N) is 1. The third kappa shape index (κ3) is 2.72. The highest BCUT2D eigenvalue weighted by Crippen LogP contribution is 2.19. The normalized spacial score (nSPS) is 22.4. The Balaban J connectivity index is 2.14. The molecule has 7 nitrogen and oxygen atoms in total. The number of aromatic nitrogens is 1. The van der Waals surface area contributed by atoms with E-state index in [9.17, 15) is 9.59 Å². The molecule has 2 rings (SSSR count). The summed E-state index contributed by atoms with van der Waals surface area (Å²) in [4.78, 5) is 29.3. The number of amides is 2. The second kappa shape index (κ2) is 5.46. The van der Waals surface area contributed by atoms with Gasteiger partial charge in [0.2, 0.25) is 5.88 Å². The molecule has 20 heavy (non-hydrogen) atoms. The maximum Gasteiger partial charge on any atom is 0.255 e. The number of carbonyl (C=O) groups excluding carboxylic acids is 2. The van der Waals surface area contributed by atoms with Crippen LogP contribution in [0.15, 0.2) is 18.3 Å². The van der Waals surface area contributed by atoms with Gasteiger partial charge >= 0.3 is 0 Å². The Bertz CT molecular complexity index is 517. The molecule has 2 amide bonds. The second-order valence-electron chi connectivity index (χ2n) is 4.76. The highest BCUT2D eigenvalue weighted by molar-refractivity contribution is 5.95. The fourth-order valence-corrected chi connectivity index (χ4v) is 2.00. The Morgan fingerprint density at radius 3 is 2.80 bits per heavy atom. The number of hydrogen-bond acceptors (Lipinski definition) is 5. The summed E-state index contributed by atoms with van der Waals surface area (Å²) >= 11 is 0. The quantitative estimate of drug-likeness (QED) is 0.827. The van der Waals surface area contributed by atoms with Crippen molar-refractivity contribution in [3.63, 3.8) is 0 Å². The van der Waals surface area contributed by atoms with Crippen molar-refractivity contribution in [3.8, 4) is 5.88 Å². The van der Waals surface area contributed by atoms with Crippen LogP contribution in [0.25, 0.3) is 0 Å². The summed E-state index contributed by atoms with van der Waals surface area (Å²) < 4.78 is 10.3. The zero-order valence-electron chi connectivity index (χ0n) is 11.5. The van der Waals surface area contributed by atoms with Gasteiger partial charge in [0.05, 0.1) is 25.8 Å². The average Bonchev–Trinajstić information content (AvgIpc) is 2.46. The van der Waals surface area contributed by atoms with E-state index in [1.54, 1.807) is 19.1 Å². The van der Waals surface area contributed by atoms with Gasteiger partial charge in [-0.15, -0.1) is 0 Å². The third-order valence-electron chi connectivity index (χ3n) is 3.28. The van der Waals surface area contributed by atoms with Crippen LogP contribution >= 0.6 is 0 Å². The summed E-state index contributed by atoms with van der Waals surface area (Å²) in [6, 6.07) is 3.24. The van der Waals surface area contributed by atoms with Crippen LogP contribution in [0, 0.1) is 0 Å². The van der Waals surface area contributed by atoms with E-state index in [4.69, 9.17) is 15.2 Å². The number of nitrogens with zero attached hydrogens (tertiary/aromatic N) is 2. The van der Waals surface area contributed by atoms with Gasteiger partial charge in [0, 0.05) is 18.8 Å². The van der Waals surface area contributed by atoms with Crippen molar-refractivity contribution in [1.29, 1.82) is 0 Å². The molecule has 1 fully saturated rings. The monoisotopic (exact) mass is 279 g/mol. The number of methoxy groups -OCH3 is 1. The third-order valence-corrected chi connectivity index (χ3v) is 3.28. The maximum absolute atomic E-state index is 12.3. The molecular formula is C13H17N3O4. The number of pyridine rings is 1. The maximum atomic E-state index is 12.3. The molecule has 0 aromatic carbocycles. The van der Waals surface area contributed by atoms with Crippen LogP contribution in [0.2, 0.25) is 0 Å². The van der Waals surface area contributed by atoms with E-state index in [1.165, 1.54) is 18.2 Å². The van der Waals surface area contributed by atoms with Crippen molar-refractivity contribution >= 4 is 11.8 Å². The van der Waals surface area contributed by atoms with Crippen LogP contribution < -0.4 is 10.5 Å². The molecule has 2 heterocycles. The molecule has 1 aromatic heterocycles. The molecule has 0 aliphatic carbocycles. The summed E-state index contributed by atoms with van der Waals surface area (Å²) in [5.41, 5.74) is 4.59. The van der Waals surface area contributed by atoms with Crippen LogP contribution in [-0.4, -0.2) is 54.1 Å². The highest BCUT2D eigenvalue weighted by Gasteiger charge is 2.39. The first kappa shape index (κ1) is 14.3. The van der Waals surface area contributed by atoms with Crippen molar-refractivity contribution in [2.24, 2.45) is 5.73 Å². The molecule has 7 heteroatoms. The molecule has 1 atom stereocenters. The molecular weight excluding hydrogens is 262 g/mol. The van der Waals surface area contributed by atoms with E-state index in [2.05, 4.69) is 4.98 Å². The summed E-state index contributed by atoms with van der Waals surface area (Å²) in [6.07, 6.45) is 1.44. The van der Waals surface area contributed by atoms with Crippen LogP contribution in [0.1, 0.15) is 17.3 Å². The predicted octanol–water partition coefficient (Wildman–Crippen LogP) is -0.193. The van der Waals surface area contributed by atoms with Crippen molar-refractivity contribution in [3.05, 3.63) is 23.9 Å². The standard InChI is InChI=1S/C13H17N3O4/c1-13(12(14)18)8-16(5-6-20-13)11(17)9-3-4-10(19-2)15-7-9/h3-4,7H,5-6,8H2,1-2H3,(H2,14,18)/t13-/m1/s1. The van der Waals surface area contributed by atoms with Crippen molar-refractivity contribution in [1.82, 2.24) is 9.88 Å². The minimum Gasteiger partial charge on any atom is -0.481 e. The molecule has 0 unspecified atom stereocenters. The molecule has 108 valence electrons. The Kier molecular flexibility index (Phi) is 3.89. The van der Waals surface area contributed by atoms with E-state index >= 15 is 0 Å². The lowest BCUT2D eigenvalue weighted by Crippen LogP contribution is -2.58. The number of morpholine rings is 1. The van der Waals surface area contributed by atoms with Gasteiger partial charge in [-0.3, -0.25) is 9.59 Å². The SMILES string of the molecule is COc1ccc(C(=O)N2CCO[C@@](C)(C(N)=O)C2)cn1. The van der Waals surface area contributed by atoms with Crippen LogP contribution in [0.4, 0.5) is 0 Å². The highest BCUT2D eigenvalue weighted by atomic mass is 16.5. The molecule has 0 spiro atoms. The molecule has 1 aliphatic rings. The van der Waals surface area contributed by atoms with Gasteiger partial charge in [0.1, 0.15) is 0 Å².